The second kappa shape index (κ2) is 9.82. The first kappa shape index (κ1) is 23.7. The Hall–Kier alpha value is -2.44. The van der Waals surface area contributed by atoms with Crippen molar-refractivity contribution < 1.29 is 18.7 Å². The van der Waals surface area contributed by atoms with Crippen LogP contribution in [0.15, 0.2) is 42.5 Å². The van der Waals surface area contributed by atoms with Crippen molar-refractivity contribution in [3.8, 4) is 5.75 Å². The molecule has 2 bridgehead atoms. The SMILES string of the molecule is CCOC(=O)CN(CCc1ccc(F)cc1)[C@@H]1[C@H]2Cc3ccc(OC)cc3[C@]1(C)CCN2C. The van der Waals surface area contributed by atoms with E-state index >= 15 is 0 Å². The number of nitrogens with zero attached hydrogens (tertiary/aromatic N) is 2. The van der Waals surface area contributed by atoms with Crippen LogP contribution in [-0.2, 0) is 27.8 Å². The van der Waals surface area contributed by atoms with Gasteiger partial charge in [0.1, 0.15) is 11.6 Å². The third-order valence-electron chi connectivity index (χ3n) is 7.56. The van der Waals surface area contributed by atoms with Gasteiger partial charge in [0, 0.05) is 24.0 Å². The minimum absolute atomic E-state index is 0.116. The zero-order valence-electron chi connectivity index (χ0n) is 20.1. The van der Waals surface area contributed by atoms with Crippen molar-refractivity contribution in [3.05, 3.63) is 65.0 Å². The Bertz CT molecular complexity index is 980. The fourth-order valence-corrected chi connectivity index (χ4v) is 5.83. The maximum absolute atomic E-state index is 13.4. The minimum Gasteiger partial charge on any atom is -0.497 e. The number of halogens is 1. The Kier molecular flexibility index (Phi) is 7.05. The maximum Gasteiger partial charge on any atom is 0.320 e. The summed E-state index contributed by atoms with van der Waals surface area (Å²) in [6, 6.07) is 13.5. The molecular weight excluding hydrogens is 419 g/mol. The number of piperidine rings is 1. The molecule has 1 aliphatic heterocycles. The molecule has 178 valence electrons. The number of rotatable bonds is 8. The molecule has 1 saturated heterocycles. The molecule has 1 heterocycles. The van der Waals surface area contributed by atoms with Crippen LogP contribution in [0.1, 0.15) is 37.0 Å². The predicted octanol–water partition coefficient (Wildman–Crippen LogP) is 3.83. The van der Waals surface area contributed by atoms with Gasteiger partial charge in [-0.25, -0.2) is 4.39 Å². The van der Waals surface area contributed by atoms with Gasteiger partial charge >= 0.3 is 5.97 Å². The Labute approximate surface area is 196 Å². The molecule has 0 saturated carbocycles. The summed E-state index contributed by atoms with van der Waals surface area (Å²) in [4.78, 5) is 17.4. The highest BCUT2D eigenvalue weighted by Crippen LogP contribution is 2.47. The number of hydrogen-bond donors (Lipinski definition) is 0. The van der Waals surface area contributed by atoms with Gasteiger partial charge in [-0.05, 0) is 80.7 Å². The molecule has 0 amide bonds. The summed E-state index contributed by atoms with van der Waals surface area (Å²) in [5.74, 6) is 0.440. The zero-order chi connectivity index (χ0) is 23.6. The smallest absolute Gasteiger partial charge is 0.320 e. The second-order valence-corrected chi connectivity index (χ2v) is 9.54. The van der Waals surface area contributed by atoms with Gasteiger partial charge in [0.05, 0.1) is 20.3 Å². The highest BCUT2D eigenvalue weighted by Gasteiger charge is 2.52. The molecule has 1 aliphatic carbocycles. The van der Waals surface area contributed by atoms with Crippen LogP contribution in [0.5, 0.6) is 5.75 Å². The molecule has 3 atom stereocenters. The summed E-state index contributed by atoms with van der Waals surface area (Å²) in [7, 11) is 3.89. The Morgan fingerprint density at radius 2 is 2.00 bits per heavy atom. The van der Waals surface area contributed by atoms with E-state index in [4.69, 9.17) is 9.47 Å². The zero-order valence-corrected chi connectivity index (χ0v) is 20.1. The van der Waals surface area contributed by atoms with Crippen LogP contribution in [-0.4, -0.2) is 68.3 Å². The first-order valence-electron chi connectivity index (χ1n) is 11.9. The molecule has 4 rings (SSSR count). The minimum atomic E-state index is -0.233. The van der Waals surface area contributed by atoms with Crippen molar-refractivity contribution in [2.75, 3.05) is 40.4 Å². The van der Waals surface area contributed by atoms with Gasteiger partial charge in [-0.1, -0.05) is 25.1 Å². The topological polar surface area (TPSA) is 42.0 Å². The van der Waals surface area contributed by atoms with Gasteiger partial charge in [0.15, 0.2) is 0 Å². The Morgan fingerprint density at radius 3 is 2.70 bits per heavy atom. The third-order valence-corrected chi connectivity index (χ3v) is 7.56. The third kappa shape index (κ3) is 4.78. The molecule has 2 aromatic rings. The molecule has 2 aromatic carbocycles. The van der Waals surface area contributed by atoms with Crippen molar-refractivity contribution in [1.29, 1.82) is 0 Å². The quantitative estimate of drug-likeness (QED) is 0.567. The molecule has 0 radical (unpaired) electrons. The van der Waals surface area contributed by atoms with Gasteiger partial charge in [0.2, 0.25) is 0 Å². The number of likely N-dealkylation sites (N-methyl/N-ethyl adjacent to an activating group) is 1. The lowest BCUT2D eigenvalue weighted by Gasteiger charge is -2.58. The number of esters is 1. The van der Waals surface area contributed by atoms with Crippen LogP contribution < -0.4 is 4.74 Å². The Morgan fingerprint density at radius 1 is 1.24 bits per heavy atom. The van der Waals surface area contributed by atoms with Crippen LogP contribution >= 0.6 is 0 Å². The number of benzene rings is 2. The maximum atomic E-state index is 13.4. The Balaban J connectivity index is 1.69. The van der Waals surface area contributed by atoms with Crippen LogP contribution in [0.2, 0.25) is 0 Å². The molecule has 6 heteroatoms. The van der Waals surface area contributed by atoms with Crippen molar-refractivity contribution >= 4 is 5.97 Å². The fraction of sp³-hybridized carbons (Fsp3) is 0.519. The number of fused-ring (bicyclic) bond motifs is 4. The van der Waals surface area contributed by atoms with Crippen molar-refractivity contribution in [2.24, 2.45) is 0 Å². The number of ether oxygens (including phenoxy) is 2. The summed E-state index contributed by atoms with van der Waals surface area (Å²) in [5.41, 5.74) is 3.63. The van der Waals surface area contributed by atoms with Crippen molar-refractivity contribution in [3.63, 3.8) is 0 Å². The van der Waals surface area contributed by atoms with E-state index in [9.17, 15) is 9.18 Å². The van der Waals surface area contributed by atoms with E-state index in [-0.39, 0.29) is 29.8 Å². The normalized spacial score (nSPS) is 24.4. The molecular formula is C27H35FN2O3. The lowest BCUT2D eigenvalue weighted by Crippen LogP contribution is -2.67. The molecule has 0 N–H and O–H groups in total. The molecule has 5 nitrogen and oxygen atoms in total. The van der Waals surface area contributed by atoms with Crippen LogP contribution in [0.4, 0.5) is 4.39 Å². The second-order valence-electron chi connectivity index (χ2n) is 9.54. The van der Waals surface area contributed by atoms with Gasteiger partial charge < -0.3 is 14.4 Å². The lowest BCUT2D eigenvalue weighted by atomic mass is 9.61. The summed E-state index contributed by atoms with van der Waals surface area (Å²) in [6.45, 7) is 6.52. The monoisotopic (exact) mass is 454 g/mol. The number of carbonyl (C=O) groups excluding carboxylic acids is 1. The fourth-order valence-electron chi connectivity index (χ4n) is 5.83. The van der Waals surface area contributed by atoms with Gasteiger partial charge in [0.25, 0.3) is 0 Å². The predicted molar refractivity (Wildman–Crippen MR) is 127 cm³/mol. The molecule has 33 heavy (non-hydrogen) atoms. The standard InChI is InChI=1S/C27H35FN2O3/c1-5-33-25(31)18-30(14-12-19-6-9-21(28)10-7-19)26-24-16-20-8-11-22(32-4)17-23(20)27(26,2)13-15-29(24)3/h6-11,17,24,26H,5,12-16,18H2,1-4H3/t24-,26-,27+/m1/s1. The number of methoxy groups -OCH3 is 1. The summed E-state index contributed by atoms with van der Waals surface area (Å²) >= 11 is 0. The van der Waals surface area contributed by atoms with E-state index in [2.05, 4.69) is 35.9 Å². The van der Waals surface area contributed by atoms with Crippen LogP contribution in [0.25, 0.3) is 0 Å². The largest absolute Gasteiger partial charge is 0.497 e. The van der Waals surface area contributed by atoms with E-state index in [0.29, 0.717) is 19.2 Å². The molecule has 0 unspecified atom stereocenters. The van der Waals surface area contributed by atoms with E-state index in [0.717, 1.165) is 37.1 Å². The number of hydrogen-bond acceptors (Lipinski definition) is 5. The van der Waals surface area contributed by atoms with E-state index in [1.54, 1.807) is 7.11 Å². The first-order valence-corrected chi connectivity index (χ1v) is 11.9. The summed E-state index contributed by atoms with van der Waals surface area (Å²) in [5, 5.41) is 0. The highest BCUT2D eigenvalue weighted by atomic mass is 19.1. The average Bonchev–Trinajstić information content (AvgIpc) is 2.80. The summed E-state index contributed by atoms with van der Waals surface area (Å²) < 4.78 is 24.3. The van der Waals surface area contributed by atoms with E-state index in [1.165, 1.54) is 23.3 Å². The molecule has 0 aromatic heterocycles. The van der Waals surface area contributed by atoms with Crippen molar-refractivity contribution in [1.82, 2.24) is 9.80 Å². The summed E-state index contributed by atoms with van der Waals surface area (Å²) in [6.07, 6.45) is 2.68. The molecule has 2 aliphatic rings. The van der Waals surface area contributed by atoms with E-state index in [1.807, 2.05) is 25.1 Å². The molecule has 1 fully saturated rings. The van der Waals surface area contributed by atoms with E-state index < -0.39 is 0 Å². The van der Waals surface area contributed by atoms with Crippen molar-refractivity contribution in [2.45, 2.75) is 50.6 Å². The van der Waals surface area contributed by atoms with Gasteiger partial charge in [-0.2, -0.15) is 0 Å². The first-order chi connectivity index (χ1) is 15.9. The average molecular weight is 455 g/mol. The molecule has 0 spiro atoms. The number of likely N-dealkylation sites (tertiary alicyclic amines) is 1. The van der Waals surface area contributed by atoms with Gasteiger partial charge in [-0.15, -0.1) is 0 Å². The van der Waals surface area contributed by atoms with Gasteiger partial charge in [-0.3, -0.25) is 9.69 Å². The highest BCUT2D eigenvalue weighted by molar-refractivity contribution is 5.71. The van der Waals surface area contributed by atoms with Crippen LogP contribution in [0.3, 0.4) is 0 Å². The number of carbonyl (C=O) groups is 1. The lowest BCUT2D eigenvalue weighted by molar-refractivity contribution is -0.146. The van der Waals surface area contributed by atoms with Crippen LogP contribution in [0, 0.1) is 5.82 Å².